The molecule has 1 N–H and O–H groups in total. The minimum atomic E-state index is -3.26. The summed E-state index contributed by atoms with van der Waals surface area (Å²) >= 11 is 0. The van der Waals surface area contributed by atoms with Gasteiger partial charge in [0.25, 0.3) is 0 Å². The van der Waals surface area contributed by atoms with Gasteiger partial charge in [0.15, 0.2) is 0 Å². The fourth-order valence-electron chi connectivity index (χ4n) is 1.53. The maximum Gasteiger partial charge on any atom is 0.231 e. The van der Waals surface area contributed by atoms with E-state index in [2.05, 4.69) is 19.2 Å². The van der Waals surface area contributed by atoms with Gasteiger partial charge in [-0.05, 0) is 18.1 Å². The van der Waals surface area contributed by atoms with E-state index in [1.807, 2.05) is 6.07 Å². The average molecular weight is 286 g/mol. The van der Waals surface area contributed by atoms with Crippen LogP contribution in [0.15, 0.2) is 18.2 Å². The Hall–Kier alpha value is -1.43. The van der Waals surface area contributed by atoms with Gasteiger partial charge in [0.1, 0.15) is 5.75 Å². The first-order valence-corrected chi connectivity index (χ1v) is 7.96. The van der Waals surface area contributed by atoms with E-state index in [4.69, 9.17) is 4.74 Å². The molecule has 0 radical (unpaired) electrons. The van der Waals surface area contributed by atoms with E-state index in [0.29, 0.717) is 17.4 Å². The fourth-order valence-corrected chi connectivity index (χ4v) is 2.02. The van der Waals surface area contributed by atoms with E-state index >= 15 is 0 Å². The van der Waals surface area contributed by atoms with Crippen molar-refractivity contribution >= 4 is 21.4 Å². The Kier molecular flexibility index (Phi) is 5.05. The van der Waals surface area contributed by atoms with Crippen molar-refractivity contribution in [3.05, 3.63) is 18.2 Å². The molecule has 0 aromatic heterocycles. The Bertz CT molecular complexity index is 527. The molecule has 6 heteroatoms. The summed E-state index contributed by atoms with van der Waals surface area (Å²) < 4.78 is 29.5. The second kappa shape index (κ2) is 6.14. The monoisotopic (exact) mass is 286 g/mol. The predicted octanol–water partition coefficient (Wildman–Crippen LogP) is 2.16. The van der Waals surface area contributed by atoms with E-state index in [-0.39, 0.29) is 0 Å². The van der Waals surface area contributed by atoms with Gasteiger partial charge in [0, 0.05) is 19.7 Å². The lowest BCUT2D eigenvalue weighted by molar-refractivity contribution is 0.416. The number of anilines is 2. The van der Waals surface area contributed by atoms with Crippen LogP contribution in [0, 0.1) is 5.92 Å². The van der Waals surface area contributed by atoms with Gasteiger partial charge in [-0.15, -0.1) is 0 Å². The molecular weight excluding hydrogens is 264 g/mol. The molecule has 0 spiro atoms. The highest BCUT2D eigenvalue weighted by Crippen LogP contribution is 2.30. The zero-order valence-electron chi connectivity index (χ0n) is 12.1. The predicted molar refractivity (Wildman–Crippen MR) is 79.6 cm³/mol. The summed E-state index contributed by atoms with van der Waals surface area (Å²) in [5, 5.41) is 3.28. The van der Waals surface area contributed by atoms with Gasteiger partial charge in [0.05, 0.1) is 24.7 Å². The molecule has 0 atom stereocenters. The van der Waals surface area contributed by atoms with Gasteiger partial charge in [-0.2, -0.15) is 0 Å². The Labute approximate surface area is 115 Å². The number of hydrogen-bond donors (Lipinski definition) is 1. The summed E-state index contributed by atoms with van der Waals surface area (Å²) in [5.74, 6) is 1.15. The van der Waals surface area contributed by atoms with Crippen molar-refractivity contribution in [1.29, 1.82) is 0 Å². The molecule has 0 saturated heterocycles. The molecule has 0 fully saturated rings. The van der Waals surface area contributed by atoms with Gasteiger partial charge in [0.2, 0.25) is 10.0 Å². The Morgan fingerprint density at radius 2 is 2.00 bits per heavy atom. The van der Waals surface area contributed by atoms with Crippen molar-refractivity contribution in [2.45, 2.75) is 13.8 Å². The summed E-state index contributed by atoms with van der Waals surface area (Å²) in [6, 6.07) is 5.30. The SMILES string of the molecule is COc1cc(N(C)S(C)(=O)=O)ccc1NCC(C)C. The van der Waals surface area contributed by atoms with E-state index in [1.165, 1.54) is 17.6 Å². The highest BCUT2D eigenvalue weighted by atomic mass is 32.2. The van der Waals surface area contributed by atoms with Crippen molar-refractivity contribution in [3.63, 3.8) is 0 Å². The lowest BCUT2D eigenvalue weighted by Crippen LogP contribution is -2.24. The van der Waals surface area contributed by atoms with Gasteiger partial charge < -0.3 is 10.1 Å². The van der Waals surface area contributed by atoms with Crippen LogP contribution in [-0.4, -0.2) is 35.4 Å². The van der Waals surface area contributed by atoms with Crippen molar-refractivity contribution in [1.82, 2.24) is 0 Å². The molecule has 1 aromatic rings. The molecule has 5 nitrogen and oxygen atoms in total. The van der Waals surface area contributed by atoms with Gasteiger partial charge in [-0.1, -0.05) is 13.8 Å². The quantitative estimate of drug-likeness (QED) is 0.870. The summed E-state index contributed by atoms with van der Waals surface area (Å²) in [6.07, 6.45) is 1.17. The molecule has 19 heavy (non-hydrogen) atoms. The van der Waals surface area contributed by atoms with Gasteiger partial charge >= 0.3 is 0 Å². The molecule has 0 unspecified atom stereocenters. The molecule has 0 aliphatic rings. The van der Waals surface area contributed by atoms with Crippen LogP contribution in [0.3, 0.4) is 0 Å². The molecule has 1 aromatic carbocycles. The maximum atomic E-state index is 11.5. The van der Waals surface area contributed by atoms with E-state index in [0.717, 1.165) is 12.2 Å². The standard InChI is InChI=1S/C13H22N2O3S/c1-10(2)9-14-12-7-6-11(8-13(12)18-4)15(3)19(5,16)17/h6-8,10,14H,9H2,1-5H3. The number of nitrogens with zero attached hydrogens (tertiary/aromatic N) is 1. The third kappa shape index (κ3) is 4.31. The minimum Gasteiger partial charge on any atom is -0.495 e. The molecular formula is C13H22N2O3S. The first-order chi connectivity index (χ1) is 8.75. The Morgan fingerprint density at radius 1 is 1.37 bits per heavy atom. The third-order valence-corrected chi connectivity index (χ3v) is 3.95. The number of ether oxygens (including phenoxy) is 1. The summed E-state index contributed by atoms with van der Waals surface area (Å²) in [5.41, 5.74) is 1.44. The topological polar surface area (TPSA) is 58.6 Å². The summed E-state index contributed by atoms with van der Waals surface area (Å²) in [6.45, 7) is 5.06. The second-order valence-electron chi connectivity index (χ2n) is 4.89. The zero-order valence-corrected chi connectivity index (χ0v) is 12.9. The van der Waals surface area contributed by atoms with Crippen LogP contribution < -0.4 is 14.4 Å². The van der Waals surface area contributed by atoms with Crippen molar-refractivity contribution in [2.75, 3.05) is 36.6 Å². The van der Waals surface area contributed by atoms with Crippen LogP contribution in [0.25, 0.3) is 0 Å². The molecule has 1 rings (SSSR count). The van der Waals surface area contributed by atoms with Crippen molar-refractivity contribution < 1.29 is 13.2 Å². The summed E-state index contributed by atoms with van der Waals surface area (Å²) in [7, 11) is -0.173. The zero-order chi connectivity index (χ0) is 14.6. The maximum absolute atomic E-state index is 11.5. The molecule has 0 aliphatic heterocycles. The molecule has 0 heterocycles. The molecule has 0 aliphatic carbocycles. The summed E-state index contributed by atoms with van der Waals surface area (Å²) in [4.78, 5) is 0. The number of benzene rings is 1. The van der Waals surface area contributed by atoms with Crippen molar-refractivity contribution in [2.24, 2.45) is 5.92 Å². The number of methoxy groups -OCH3 is 1. The van der Waals surface area contributed by atoms with Crippen molar-refractivity contribution in [3.8, 4) is 5.75 Å². The second-order valence-corrected chi connectivity index (χ2v) is 6.90. The molecule has 0 saturated carbocycles. The van der Waals surface area contributed by atoms with Crippen LogP contribution >= 0.6 is 0 Å². The van der Waals surface area contributed by atoms with E-state index < -0.39 is 10.0 Å². The lowest BCUT2D eigenvalue weighted by atomic mass is 10.2. The molecule has 0 bridgehead atoms. The normalized spacial score (nSPS) is 11.5. The molecule has 108 valence electrons. The van der Waals surface area contributed by atoms with E-state index in [9.17, 15) is 8.42 Å². The first-order valence-electron chi connectivity index (χ1n) is 6.11. The highest BCUT2D eigenvalue weighted by Gasteiger charge is 2.14. The van der Waals surface area contributed by atoms with Crippen LogP contribution in [-0.2, 0) is 10.0 Å². The van der Waals surface area contributed by atoms with Crippen LogP contribution in [0.2, 0.25) is 0 Å². The first kappa shape index (κ1) is 15.6. The largest absolute Gasteiger partial charge is 0.495 e. The number of hydrogen-bond acceptors (Lipinski definition) is 4. The average Bonchev–Trinajstić information content (AvgIpc) is 2.34. The third-order valence-electron chi connectivity index (χ3n) is 2.75. The van der Waals surface area contributed by atoms with Gasteiger partial charge in [-0.3, -0.25) is 4.31 Å². The highest BCUT2D eigenvalue weighted by molar-refractivity contribution is 7.92. The number of sulfonamides is 1. The Morgan fingerprint density at radius 3 is 2.47 bits per heavy atom. The van der Waals surface area contributed by atoms with Crippen LogP contribution in [0.1, 0.15) is 13.8 Å². The number of nitrogens with one attached hydrogen (secondary N) is 1. The smallest absolute Gasteiger partial charge is 0.231 e. The lowest BCUT2D eigenvalue weighted by Gasteiger charge is -2.19. The minimum absolute atomic E-state index is 0.517. The number of rotatable bonds is 6. The van der Waals surface area contributed by atoms with Gasteiger partial charge in [-0.25, -0.2) is 8.42 Å². The van der Waals surface area contributed by atoms with E-state index in [1.54, 1.807) is 19.2 Å². The fraction of sp³-hybridized carbons (Fsp3) is 0.538. The van der Waals surface area contributed by atoms with Crippen LogP contribution in [0.5, 0.6) is 5.75 Å². The Balaban J connectivity index is 3.02. The van der Waals surface area contributed by atoms with Crippen LogP contribution in [0.4, 0.5) is 11.4 Å². The molecule has 0 amide bonds.